The molecule has 2 unspecified atom stereocenters. The minimum absolute atomic E-state index is 0.235. The maximum atomic E-state index is 12.2. The van der Waals surface area contributed by atoms with Crippen LogP contribution in [0.2, 0.25) is 0 Å². The van der Waals surface area contributed by atoms with Gasteiger partial charge in [-0.15, -0.1) is 0 Å². The third-order valence-electron chi connectivity index (χ3n) is 8.32. The second-order valence-corrected chi connectivity index (χ2v) is 11.3. The van der Waals surface area contributed by atoms with E-state index < -0.39 is 11.7 Å². The molecule has 36 heavy (non-hydrogen) atoms. The molecule has 1 spiro atoms. The van der Waals surface area contributed by atoms with Gasteiger partial charge in [0.1, 0.15) is 5.60 Å². The molecule has 9 heteroatoms. The van der Waals surface area contributed by atoms with E-state index in [0.717, 1.165) is 43.9 Å². The Morgan fingerprint density at radius 2 is 2.03 bits per heavy atom. The number of hydrogen-bond donors (Lipinski definition) is 2. The Labute approximate surface area is 212 Å². The Morgan fingerprint density at radius 3 is 2.64 bits per heavy atom. The average Bonchev–Trinajstić information content (AvgIpc) is 3.56. The lowest BCUT2D eigenvalue weighted by molar-refractivity contribution is 0.0734. The quantitative estimate of drug-likeness (QED) is 0.620. The van der Waals surface area contributed by atoms with E-state index in [4.69, 9.17) is 0 Å². The SMILES string of the molecule is CN1CN(CC2CC(CN(C(=O)O)c3cnc(C(C)(C)O)cn3)CCC23CC3)c2cc(C#N)ccc21. The Morgan fingerprint density at radius 1 is 1.25 bits per heavy atom. The number of rotatable bonds is 6. The number of carboxylic acid groups (broad SMARTS) is 1. The van der Waals surface area contributed by atoms with Crippen LogP contribution < -0.4 is 14.7 Å². The van der Waals surface area contributed by atoms with Crippen LogP contribution >= 0.6 is 0 Å². The number of nitrogens with zero attached hydrogens (tertiary/aromatic N) is 6. The zero-order chi connectivity index (χ0) is 25.7. The predicted molar refractivity (Wildman–Crippen MR) is 137 cm³/mol. The Balaban J connectivity index is 1.31. The summed E-state index contributed by atoms with van der Waals surface area (Å²) in [5, 5.41) is 29.5. The zero-order valence-corrected chi connectivity index (χ0v) is 21.2. The van der Waals surface area contributed by atoms with Crippen LogP contribution in [0, 0.1) is 28.6 Å². The molecule has 2 N–H and O–H groups in total. The van der Waals surface area contributed by atoms with Gasteiger partial charge in [0.15, 0.2) is 5.82 Å². The number of aliphatic hydroxyl groups is 1. The molecule has 2 atom stereocenters. The second kappa shape index (κ2) is 8.93. The molecule has 1 amide bonds. The summed E-state index contributed by atoms with van der Waals surface area (Å²) in [5.74, 6) is 0.997. The van der Waals surface area contributed by atoms with E-state index in [1.807, 2.05) is 18.2 Å². The summed E-state index contributed by atoms with van der Waals surface area (Å²) in [7, 11) is 2.08. The van der Waals surface area contributed by atoms with Gasteiger partial charge in [-0.25, -0.2) is 9.78 Å². The molecule has 9 nitrogen and oxygen atoms in total. The third kappa shape index (κ3) is 4.58. The summed E-state index contributed by atoms with van der Waals surface area (Å²) < 4.78 is 0. The molecule has 1 aromatic carbocycles. The van der Waals surface area contributed by atoms with Crippen LogP contribution in [-0.2, 0) is 5.60 Å². The van der Waals surface area contributed by atoms with Gasteiger partial charge in [0.05, 0.1) is 47.8 Å². The van der Waals surface area contributed by atoms with Crippen molar-refractivity contribution in [2.24, 2.45) is 17.3 Å². The standard InChI is InChI=1S/C27H34N6O3/c1-26(2,36)23-13-30-24(14-29-23)33(25(34)35)15-19-6-7-27(8-9-27)20(10-19)16-32-17-31(3)21-5-4-18(12-28)11-22(21)32/h4-5,11,13-14,19-20,36H,6-10,15-17H2,1-3H3,(H,34,35). The summed E-state index contributed by atoms with van der Waals surface area (Å²) >= 11 is 0. The monoisotopic (exact) mass is 490 g/mol. The molecule has 3 aliphatic rings. The number of fused-ring (bicyclic) bond motifs is 1. The molecule has 2 saturated carbocycles. The minimum Gasteiger partial charge on any atom is -0.465 e. The molecule has 2 fully saturated rings. The van der Waals surface area contributed by atoms with Crippen molar-refractivity contribution in [2.75, 3.05) is 41.5 Å². The van der Waals surface area contributed by atoms with E-state index in [-0.39, 0.29) is 11.7 Å². The highest BCUT2D eigenvalue weighted by Crippen LogP contribution is 2.61. The molecule has 0 bridgehead atoms. The maximum Gasteiger partial charge on any atom is 0.413 e. The molecule has 0 saturated heterocycles. The lowest BCUT2D eigenvalue weighted by Crippen LogP contribution is -2.42. The zero-order valence-electron chi connectivity index (χ0n) is 21.2. The van der Waals surface area contributed by atoms with Gasteiger partial charge in [0.2, 0.25) is 0 Å². The molecule has 2 aliphatic carbocycles. The van der Waals surface area contributed by atoms with E-state index in [1.54, 1.807) is 13.8 Å². The lowest BCUT2D eigenvalue weighted by Gasteiger charge is -2.40. The number of anilines is 3. The van der Waals surface area contributed by atoms with Crippen LogP contribution in [0.4, 0.5) is 22.0 Å². The van der Waals surface area contributed by atoms with Gasteiger partial charge >= 0.3 is 6.09 Å². The Bertz CT molecular complexity index is 1180. The van der Waals surface area contributed by atoms with Crippen molar-refractivity contribution in [3.8, 4) is 6.07 Å². The Hall–Kier alpha value is -3.38. The molecular formula is C27H34N6O3. The van der Waals surface area contributed by atoms with Gasteiger partial charge in [0.25, 0.3) is 0 Å². The first-order chi connectivity index (χ1) is 17.1. The highest BCUT2D eigenvalue weighted by Gasteiger charge is 2.52. The van der Waals surface area contributed by atoms with Gasteiger partial charge in [-0.3, -0.25) is 9.88 Å². The normalized spacial score (nSPS) is 22.3. The van der Waals surface area contributed by atoms with Crippen molar-refractivity contribution in [2.45, 2.75) is 51.6 Å². The van der Waals surface area contributed by atoms with Gasteiger partial charge in [0, 0.05) is 20.1 Å². The number of aromatic nitrogens is 2. The van der Waals surface area contributed by atoms with Crippen LogP contribution in [-0.4, -0.2) is 53.1 Å². The van der Waals surface area contributed by atoms with Crippen molar-refractivity contribution in [1.29, 1.82) is 5.26 Å². The molecule has 1 aromatic heterocycles. The van der Waals surface area contributed by atoms with Gasteiger partial charge < -0.3 is 20.0 Å². The second-order valence-electron chi connectivity index (χ2n) is 11.3. The summed E-state index contributed by atoms with van der Waals surface area (Å²) in [6.07, 6.45) is 7.42. The smallest absolute Gasteiger partial charge is 0.413 e. The largest absolute Gasteiger partial charge is 0.465 e. The van der Waals surface area contributed by atoms with Crippen molar-refractivity contribution in [3.05, 3.63) is 41.9 Å². The fourth-order valence-electron chi connectivity index (χ4n) is 6.02. The van der Waals surface area contributed by atoms with Crippen molar-refractivity contribution in [1.82, 2.24) is 9.97 Å². The van der Waals surface area contributed by atoms with E-state index in [1.165, 1.54) is 30.1 Å². The molecule has 0 radical (unpaired) electrons. The van der Waals surface area contributed by atoms with Crippen LogP contribution in [0.25, 0.3) is 0 Å². The maximum absolute atomic E-state index is 12.2. The van der Waals surface area contributed by atoms with Gasteiger partial charge in [-0.1, -0.05) is 0 Å². The van der Waals surface area contributed by atoms with Gasteiger partial charge in [-0.05, 0) is 81.4 Å². The summed E-state index contributed by atoms with van der Waals surface area (Å²) in [6.45, 7) is 5.34. The van der Waals surface area contributed by atoms with Crippen LogP contribution in [0.15, 0.2) is 30.6 Å². The molecule has 190 valence electrons. The fourth-order valence-corrected chi connectivity index (χ4v) is 6.02. The number of nitriles is 1. The van der Waals surface area contributed by atoms with E-state index in [9.17, 15) is 20.3 Å². The molecular weight excluding hydrogens is 456 g/mol. The minimum atomic E-state index is -1.13. The summed E-state index contributed by atoms with van der Waals surface area (Å²) in [6, 6.07) is 8.14. The summed E-state index contributed by atoms with van der Waals surface area (Å²) in [4.78, 5) is 26.6. The van der Waals surface area contributed by atoms with Crippen LogP contribution in [0.1, 0.15) is 57.2 Å². The molecule has 5 rings (SSSR count). The number of amides is 1. The Kier molecular flexibility index (Phi) is 6.03. The van der Waals surface area contributed by atoms with Gasteiger partial charge in [-0.2, -0.15) is 5.26 Å². The van der Waals surface area contributed by atoms with Crippen LogP contribution in [0.3, 0.4) is 0 Å². The van der Waals surface area contributed by atoms with Crippen molar-refractivity contribution < 1.29 is 15.0 Å². The highest BCUT2D eigenvalue weighted by molar-refractivity contribution is 5.84. The lowest BCUT2D eigenvalue weighted by atomic mass is 9.71. The predicted octanol–water partition coefficient (Wildman–Crippen LogP) is 4.17. The molecule has 1 aliphatic heterocycles. The highest BCUT2D eigenvalue weighted by atomic mass is 16.4. The average molecular weight is 491 g/mol. The van der Waals surface area contributed by atoms with Crippen molar-refractivity contribution >= 4 is 23.3 Å². The fraction of sp³-hybridized carbons (Fsp3) is 0.556. The van der Waals surface area contributed by atoms with Crippen LogP contribution in [0.5, 0.6) is 0 Å². The number of hydrogen-bond acceptors (Lipinski definition) is 7. The molecule has 2 aromatic rings. The van der Waals surface area contributed by atoms with E-state index >= 15 is 0 Å². The first kappa shape index (κ1) is 24.3. The first-order valence-electron chi connectivity index (χ1n) is 12.7. The number of carbonyl (C=O) groups is 1. The molecule has 2 heterocycles. The van der Waals surface area contributed by atoms with E-state index in [0.29, 0.717) is 29.1 Å². The van der Waals surface area contributed by atoms with Crippen molar-refractivity contribution in [3.63, 3.8) is 0 Å². The topological polar surface area (TPSA) is 117 Å². The number of benzene rings is 1. The third-order valence-corrected chi connectivity index (χ3v) is 8.32. The van der Waals surface area contributed by atoms with E-state index in [2.05, 4.69) is 32.9 Å². The summed E-state index contributed by atoms with van der Waals surface area (Å²) in [5.41, 5.74) is 2.57. The first-order valence-corrected chi connectivity index (χ1v) is 12.7.